The van der Waals surface area contributed by atoms with Crippen LogP contribution in [0.1, 0.15) is 0 Å². The molecule has 0 spiro atoms. The third-order valence-electron chi connectivity index (χ3n) is 2.36. The molecule has 0 fully saturated rings. The summed E-state index contributed by atoms with van der Waals surface area (Å²) in [4.78, 5) is 11.8. The summed E-state index contributed by atoms with van der Waals surface area (Å²) in [6.45, 7) is 0. The van der Waals surface area contributed by atoms with Gasteiger partial charge in [0.15, 0.2) is 5.75 Å². The highest BCUT2D eigenvalue weighted by molar-refractivity contribution is 6.35. The van der Waals surface area contributed by atoms with Crippen LogP contribution in [0.3, 0.4) is 0 Å². The van der Waals surface area contributed by atoms with E-state index in [4.69, 9.17) is 34.8 Å². The van der Waals surface area contributed by atoms with Gasteiger partial charge in [-0.15, -0.1) is 0 Å². The average Bonchev–Trinajstić information content (AvgIpc) is 2.33. The molecule has 3 N–H and O–H groups in total. The molecule has 0 radical (unpaired) electrons. The minimum atomic E-state index is -0.555. The number of phenols is 1. The van der Waals surface area contributed by atoms with Crippen LogP contribution in [0, 0.1) is 0 Å². The summed E-state index contributed by atoms with van der Waals surface area (Å²) >= 11 is 17.4. The van der Waals surface area contributed by atoms with Crippen molar-refractivity contribution in [2.45, 2.75) is 0 Å². The molecule has 2 amide bonds. The number of benzene rings is 2. The zero-order valence-electron chi connectivity index (χ0n) is 9.95. The van der Waals surface area contributed by atoms with Gasteiger partial charge in [0.2, 0.25) is 0 Å². The lowest BCUT2D eigenvalue weighted by Crippen LogP contribution is -2.19. The second-order valence-corrected chi connectivity index (χ2v) is 5.15. The summed E-state index contributed by atoms with van der Waals surface area (Å²) in [5.74, 6) is -0.201. The lowest BCUT2D eigenvalue weighted by Gasteiger charge is -2.10. The molecule has 104 valence electrons. The molecule has 0 aliphatic heterocycles. The number of amides is 2. The predicted octanol–water partition coefficient (Wildman–Crippen LogP) is 5.00. The SMILES string of the molecule is O=C(Nc1cc(Cl)cc(Cl)c1)Nc1cccc(Cl)c1O. The van der Waals surface area contributed by atoms with Gasteiger partial charge in [0.05, 0.1) is 10.7 Å². The van der Waals surface area contributed by atoms with E-state index in [2.05, 4.69) is 10.6 Å². The van der Waals surface area contributed by atoms with Gasteiger partial charge in [0, 0.05) is 15.7 Å². The van der Waals surface area contributed by atoms with Crippen molar-refractivity contribution in [2.24, 2.45) is 0 Å². The van der Waals surface area contributed by atoms with Gasteiger partial charge in [-0.05, 0) is 30.3 Å². The van der Waals surface area contributed by atoms with Crippen molar-refractivity contribution in [1.82, 2.24) is 0 Å². The monoisotopic (exact) mass is 330 g/mol. The van der Waals surface area contributed by atoms with E-state index in [0.29, 0.717) is 15.7 Å². The van der Waals surface area contributed by atoms with Crippen LogP contribution in [-0.4, -0.2) is 11.1 Å². The first-order valence-corrected chi connectivity index (χ1v) is 6.60. The third-order valence-corrected chi connectivity index (χ3v) is 3.10. The number of rotatable bonds is 2. The lowest BCUT2D eigenvalue weighted by molar-refractivity contribution is 0.262. The van der Waals surface area contributed by atoms with E-state index < -0.39 is 6.03 Å². The molecule has 20 heavy (non-hydrogen) atoms. The van der Waals surface area contributed by atoms with Crippen molar-refractivity contribution in [1.29, 1.82) is 0 Å². The molecule has 0 heterocycles. The van der Waals surface area contributed by atoms with E-state index in [9.17, 15) is 9.90 Å². The molecule has 4 nitrogen and oxygen atoms in total. The summed E-state index contributed by atoms with van der Waals surface area (Å²) in [6, 6.07) is 8.72. The smallest absolute Gasteiger partial charge is 0.323 e. The van der Waals surface area contributed by atoms with Crippen LogP contribution in [0.5, 0.6) is 5.75 Å². The van der Waals surface area contributed by atoms with Crippen LogP contribution in [0.25, 0.3) is 0 Å². The van der Waals surface area contributed by atoms with E-state index in [1.54, 1.807) is 24.3 Å². The highest BCUT2D eigenvalue weighted by atomic mass is 35.5. The Bertz CT molecular complexity index is 642. The minimum absolute atomic E-state index is 0.147. The summed E-state index contributed by atoms with van der Waals surface area (Å²) in [5, 5.41) is 15.6. The van der Waals surface area contributed by atoms with Crippen LogP contribution >= 0.6 is 34.8 Å². The van der Waals surface area contributed by atoms with Crippen molar-refractivity contribution in [2.75, 3.05) is 10.6 Å². The van der Waals surface area contributed by atoms with Crippen LogP contribution in [0.2, 0.25) is 15.1 Å². The summed E-state index contributed by atoms with van der Waals surface area (Å²) in [6.07, 6.45) is 0. The van der Waals surface area contributed by atoms with Gasteiger partial charge in [-0.3, -0.25) is 0 Å². The highest BCUT2D eigenvalue weighted by Gasteiger charge is 2.09. The fraction of sp³-hybridized carbons (Fsp3) is 0. The van der Waals surface area contributed by atoms with Crippen LogP contribution in [-0.2, 0) is 0 Å². The molecule has 2 rings (SSSR count). The Labute approximate surface area is 130 Å². The maximum atomic E-state index is 11.8. The van der Waals surface area contributed by atoms with Crippen molar-refractivity contribution in [3.05, 3.63) is 51.5 Å². The quantitative estimate of drug-likeness (QED) is 0.678. The Morgan fingerprint density at radius 3 is 2.30 bits per heavy atom. The molecule has 0 saturated carbocycles. The van der Waals surface area contributed by atoms with Gasteiger partial charge in [-0.2, -0.15) is 0 Å². The van der Waals surface area contributed by atoms with Crippen molar-refractivity contribution in [3.8, 4) is 5.75 Å². The van der Waals surface area contributed by atoms with E-state index in [1.165, 1.54) is 12.1 Å². The van der Waals surface area contributed by atoms with Gasteiger partial charge in [0.25, 0.3) is 0 Å². The first-order chi connectivity index (χ1) is 9.45. The third kappa shape index (κ3) is 3.70. The maximum absolute atomic E-state index is 11.8. The second kappa shape index (κ2) is 6.22. The number of carbonyl (C=O) groups is 1. The molecule has 0 bridgehead atoms. The number of urea groups is 1. The fourth-order valence-corrected chi connectivity index (χ4v) is 2.23. The number of nitrogens with one attached hydrogen (secondary N) is 2. The molecule has 0 unspecified atom stereocenters. The first-order valence-electron chi connectivity index (χ1n) is 5.47. The van der Waals surface area contributed by atoms with E-state index in [-0.39, 0.29) is 16.5 Å². The number of carbonyl (C=O) groups excluding carboxylic acids is 1. The molecule has 2 aromatic carbocycles. The number of hydrogen-bond acceptors (Lipinski definition) is 2. The molecule has 2 aromatic rings. The normalized spacial score (nSPS) is 10.2. The standard InChI is InChI=1S/C13H9Cl3N2O2/c14-7-4-8(15)6-9(5-7)17-13(20)18-11-3-1-2-10(16)12(11)19/h1-6,19H,(H2,17,18,20). The Kier molecular flexibility index (Phi) is 4.60. The number of aromatic hydroxyl groups is 1. The Balaban J connectivity index is 2.11. The number of hydrogen-bond donors (Lipinski definition) is 3. The number of halogens is 3. The topological polar surface area (TPSA) is 61.4 Å². The maximum Gasteiger partial charge on any atom is 0.323 e. The van der Waals surface area contributed by atoms with Gasteiger partial charge in [-0.1, -0.05) is 40.9 Å². The van der Waals surface area contributed by atoms with Crippen LogP contribution in [0.15, 0.2) is 36.4 Å². The highest BCUT2D eigenvalue weighted by Crippen LogP contribution is 2.31. The first kappa shape index (κ1) is 14.8. The molecular formula is C13H9Cl3N2O2. The Morgan fingerprint density at radius 1 is 1.00 bits per heavy atom. The lowest BCUT2D eigenvalue weighted by atomic mass is 10.3. The Morgan fingerprint density at radius 2 is 1.65 bits per heavy atom. The van der Waals surface area contributed by atoms with Gasteiger partial charge >= 0.3 is 6.03 Å². The second-order valence-electron chi connectivity index (χ2n) is 3.87. The molecule has 0 saturated heterocycles. The number of para-hydroxylation sites is 1. The van der Waals surface area contributed by atoms with Crippen LogP contribution < -0.4 is 10.6 Å². The summed E-state index contributed by atoms with van der Waals surface area (Å²) < 4.78 is 0. The predicted molar refractivity (Wildman–Crippen MR) is 82.2 cm³/mol. The zero-order valence-corrected chi connectivity index (χ0v) is 12.2. The van der Waals surface area contributed by atoms with Gasteiger partial charge in [-0.25, -0.2) is 4.79 Å². The number of phenolic OH excluding ortho intramolecular Hbond substituents is 1. The van der Waals surface area contributed by atoms with Crippen LogP contribution in [0.4, 0.5) is 16.2 Å². The van der Waals surface area contributed by atoms with Gasteiger partial charge < -0.3 is 15.7 Å². The van der Waals surface area contributed by atoms with E-state index >= 15 is 0 Å². The molecule has 7 heteroatoms. The summed E-state index contributed by atoms with van der Waals surface area (Å²) in [5.41, 5.74) is 0.629. The molecule has 0 aliphatic carbocycles. The molecule has 0 aromatic heterocycles. The molecular weight excluding hydrogens is 323 g/mol. The van der Waals surface area contributed by atoms with E-state index in [1.807, 2.05) is 0 Å². The molecule has 0 atom stereocenters. The van der Waals surface area contributed by atoms with Crippen molar-refractivity contribution >= 4 is 52.2 Å². The summed E-state index contributed by atoms with van der Waals surface area (Å²) in [7, 11) is 0. The van der Waals surface area contributed by atoms with Gasteiger partial charge in [0.1, 0.15) is 0 Å². The van der Waals surface area contributed by atoms with Crippen molar-refractivity contribution in [3.63, 3.8) is 0 Å². The zero-order chi connectivity index (χ0) is 14.7. The largest absolute Gasteiger partial charge is 0.504 e. The van der Waals surface area contributed by atoms with Crippen molar-refractivity contribution < 1.29 is 9.90 Å². The number of anilines is 2. The molecule has 0 aliphatic rings. The minimum Gasteiger partial charge on any atom is -0.504 e. The fourth-order valence-electron chi connectivity index (χ4n) is 1.53. The average molecular weight is 332 g/mol. The van der Waals surface area contributed by atoms with E-state index in [0.717, 1.165) is 0 Å². The Hall–Kier alpha value is -1.62.